The number of ether oxygens (including phenoxy) is 1. The van der Waals surface area contributed by atoms with Crippen molar-refractivity contribution in [3.8, 4) is 0 Å². The molecule has 420 valence electrons. The van der Waals surface area contributed by atoms with Crippen molar-refractivity contribution in [1.82, 2.24) is 5.32 Å². The van der Waals surface area contributed by atoms with E-state index in [1.54, 1.807) is 6.08 Å². The van der Waals surface area contributed by atoms with Crippen LogP contribution in [0.1, 0.15) is 354 Å². The van der Waals surface area contributed by atoms with Gasteiger partial charge in [-0.2, -0.15) is 0 Å². The van der Waals surface area contributed by atoms with E-state index in [1.807, 2.05) is 6.08 Å². The minimum absolute atomic E-state index is 0.0114. The minimum atomic E-state index is -0.838. The van der Waals surface area contributed by atoms with E-state index in [-0.39, 0.29) is 18.5 Å². The largest absolute Gasteiger partial charge is 0.466 e. The van der Waals surface area contributed by atoms with Crippen molar-refractivity contribution in [3.63, 3.8) is 0 Å². The maximum absolute atomic E-state index is 12.4. The van der Waals surface area contributed by atoms with Crippen molar-refractivity contribution in [1.29, 1.82) is 0 Å². The van der Waals surface area contributed by atoms with Crippen LogP contribution < -0.4 is 5.32 Å². The summed E-state index contributed by atoms with van der Waals surface area (Å²) >= 11 is 0. The van der Waals surface area contributed by atoms with Crippen LogP contribution in [0, 0.1) is 0 Å². The molecule has 0 aromatic carbocycles. The smallest absolute Gasteiger partial charge is 0.305 e. The van der Waals surface area contributed by atoms with Crippen molar-refractivity contribution in [3.05, 3.63) is 24.3 Å². The molecule has 0 fully saturated rings. The number of amides is 1. The molecule has 0 heterocycles. The fourth-order valence-electron chi connectivity index (χ4n) is 10.0. The Labute approximate surface area is 443 Å². The van der Waals surface area contributed by atoms with Gasteiger partial charge in [0, 0.05) is 12.8 Å². The number of esters is 1. The van der Waals surface area contributed by atoms with Crippen LogP contribution in [0.3, 0.4) is 0 Å². The summed E-state index contributed by atoms with van der Waals surface area (Å²) in [6, 6.07) is -0.621. The summed E-state index contributed by atoms with van der Waals surface area (Å²) in [4.78, 5) is 24.4. The van der Waals surface area contributed by atoms with Crippen molar-refractivity contribution in [2.24, 2.45) is 0 Å². The maximum atomic E-state index is 12.4. The minimum Gasteiger partial charge on any atom is -0.466 e. The number of rotatable bonds is 60. The Balaban J connectivity index is 3.29. The molecule has 2 unspecified atom stereocenters. The fourth-order valence-corrected chi connectivity index (χ4v) is 10.0. The second kappa shape index (κ2) is 60.9. The van der Waals surface area contributed by atoms with E-state index in [2.05, 4.69) is 31.3 Å². The van der Waals surface area contributed by atoms with Gasteiger partial charge in [-0.15, -0.1) is 0 Å². The highest BCUT2D eigenvalue weighted by molar-refractivity contribution is 5.76. The number of hydrogen-bond acceptors (Lipinski definition) is 5. The Hall–Kier alpha value is -1.66. The lowest BCUT2D eigenvalue weighted by atomic mass is 10.0. The van der Waals surface area contributed by atoms with Gasteiger partial charge in [-0.05, 0) is 57.8 Å². The Morgan fingerprint density at radius 3 is 1.03 bits per heavy atom. The quantitative estimate of drug-likeness (QED) is 0.0320. The van der Waals surface area contributed by atoms with E-state index in [1.165, 1.54) is 283 Å². The predicted octanol–water partition coefficient (Wildman–Crippen LogP) is 20.2. The molecule has 0 bridgehead atoms. The summed E-state index contributed by atoms with van der Waals surface area (Å²) in [6.45, 7) is 4.87. The van der Waals surface area contributed by atoms with E-state index in [0.717, 1.165) is 44.9 Å². The van der Waals surface area contributed by atoms with Gasteiger partial charge < -0.3 is 20.3 Å². The summed E-state index contributed by atoms with van der Waals surface area (Å²) in [7, 11) is 0. The van der Waals surface area contributed by atoms with Crippen LogP contribution in [-0.4, -0.2) is 47.4 Å². The number of hydrogen-bond donors (Lipinski definition) is 3. The first-order chi connectivity index (χ1) is 35.0. The highest BCUT2D eigenvalue weighted by Gasteiger charge is 2.18. The molecule has 0 aliphatic heterocycles. The zero-order valence-electron chi connectivity index (χ0n) is 48.0. The van der Waals surface area contributed by atoms with Gasteiger partial charge >= 0.3 is 5.97 Å². The molecule has 6 heteroatoms. The number of nitrogens with one attached hydrogen (secondary N) is 1. The number of carbonyl (C=O) groups excluding carboxylic acids is 2. The van der Waals surface area contributed by atoms with E-state index in [9.17, 15) is 19.8 Å². The van der Waals surface area contributed by atoms with Gasteiger partial charge in [0.2, 0.25) is 5.91 Å². The van der Waals surface area contributed by atoms with Crippen molar-refractivity contribution < 1.29 is 24.5 Å². The van der Waals surface area contributed by atoms with Crippen molar-refractivity contribution in [2.75, 3.05) is 13.2 Å². The van der Waals surface area contributed by atoms with Crippen LogP contribution in [0.25, 0.3) is 0 Å². The molecule has 0 aromatic rings. The molecule has 71 heavy (non-hydrogen) atoms. The Morgan fingerprint density at radius 2 is 0.662 bits per heavy atom. The second-order valence-corrected chi connectivity index (χ2v) is 22.1. The zero-order chi connectivity index (χ0) is 51.4. The van der Waals surface area contributed by atoms with Crippen molar-refractivity contribution in [2.45, 2.75) is 366 Å². The molecule has 0 aliphatic carbocycles. The van der Waals surface area contributed by atoms with Crippen LogP contribution in [-0.2, 0) is 14.3 Å². The maximum Gasteiger partial charge on any atom is 0.305 e. The lowest BCUT2D eigenvalue weighted by molar-refractivity contribution is -0.143. The Bertz CT molecular complexity index is 1110. The molecule has 0 radical (unpaired) electrons. The van der Waals surface area contributed by atoms with Crippen LogP contribution in [0.5, 0.6) is 0 Å². The number of unbranched alkanes of at least 4 members (excludes halogenated alkanes) is 47. The number of aliphatic hydroxyl groups is 2. The van der Waals surface area contributed by atoms with Crippen LogP contribution in [0.4, 0.5) is 0 Å². The Morgan fingerprint density at radius 1 is 0.380 bits per heavy atom. The van der Waals surface area contributed by atoms with E-state index in [0.29, 0.717) is 19.4 Å². The highest BCUT2D eigenvalue weighted by atomic mass is 16.5. The molecule has 3 N–H and O–H groups in total. The van der Waals surface area contributed by atoms with Crippen LogP contribution in [0.2, 0.25) is 0 Å². The first-order valence-corrected chi connectivity index (χ1v) is 32.1. The third-order valence-corrected chi connectivity index (χ3v) is 15.0. The third kappa shape index (κ3) is 57.5. The topological polar surface area (TPSA) is 95.9 Å². The third-order valence-electron chi connectivity index (χ3n) is 15.0. The summed E-state index contributed by atoms with van der Waals surface area (Å²) in [5, 5.41) is 23.0. The van der Waals surface area contributed by atoms with Gasteiger partial charge in [0.15, 0.2) is 0 Å². The van der Waals surface area contributed by atoms with Gasteiger partial charge in [0.25, 0.3) is 0 Å². The molecule has 0 spiro atoms. The molecule has 2 atom stereocenters. The Kier molecular flexibility index (Phi) is 59.5. The fraction of sp³-hybridized carbons (Fsp3) is 0.908. The second-order valence-electron chi connectivity index (χ2n) is 22.1. The summed E-state index contributed by atoms with van der Waals surface area (Å²) in [5.41, 5.74) is 0. The van der Waals surface area contributed by atoms with E-state index in [4.69, 9.17) is 4.74 Å². The standard InChI is InChI=1S/C65H125NO5/c1-3-5-7-9-11-13-14-39-43-47-51-55-59-65(70)71-60-56-52-48-44-40-37-35-33-31-29-27-25-23-21-19-17-15-16-18-20-22-24-26-28-30-32-34-36-38-42-46-50-54-58-64(69)66-62(61-67)63(68)57-53-49-45-41-12-10-8-6-4-2/h11,13,53,57,62-63,67-68H,3-10,12,14-52,54-56,58-61H2,1-2H3,(H,66,69)/b13-11-,57-53+. The molecule has 0 saturated heterocycles. The van der Waals surface area contributed by atoms with Gasteiger partial charge in [-0.25, -0.2) is 0 Å². The normalized spacial score (nSPS) is 12.7. The average Bonchev–Trinajstić information content (AvgIpc) is 3.37. The van der Waals surface area contributed by atoms with Crippen LogP contribution in [0.15, 0.2) is 24.3 Å². The summed E-state index contributed by atoms with van der Waals surface area (Å²) < 4.78 is 5.47. The number of aliphatic hydroxyl groups excluding tert-OH is 2. The summed E-state index contributed by atoms with van der Waals surface area (Å²) in [6.07, 6.45) is 75.5. The van der Waals surface area contributed by atoms with Gasteiger partial charge in [-0.3, -0.25) is 9.59 Å². The highest BCUT2D eigenvalue weighted by Crippen LogP contribution is 2.18. The van der Waals surface area contributed by atoms with Gasteiger partial charge in [0.1, 0.15) is 0 Å². The molecular formula is C65H125NO5. The lowest BCUT2D eigenvalue weighted by Gasteiger charge is -2.20. The summed E-state index contributed by atoms with van der Waals surface area (Å²) in [5.74, 6) is -0.0534. The molecule has 6 nitrogen and oxygen atoms in total. The van der Waals surface area contributed by atoms with Gasteiger partial charge in [0.05, 0.1) is 25.4 Å². The first kappa shape index (κ1) is 69.3. The molecule has 0 aromatic heterocycles. The monoisotopic (exact) mass is 1000 g/mol. The zero-order valence-corrected chi connectivity index (χ0v) is 48.0. The molecule has 1 amide bonds. The lowest BCUT2D eigenvalue weighted by Crippen LogP contribution is -2.45. The van der Waals surface area contributed by atoms with Crippen molar-refractivity contribution >= 4 is 11.9 Å². The van der Waals surface area contributed by atoms with E-state index >= 15 is 0 Å². The molecule has 0 rings (SSSR count). The first-order valence-electron chi connectivity index (χ1n) is 32.1. The SMILES string of the molecule is CCCCC/C=C\CCCCCCCC(=O)OCCCCCCCCCCCCCCCCCCCCCCCCCCCCCCCCCCCC(=O)NC(CO)C(O)/C=C/CCCCCCCCC. The molecular weight excluding hydrogens is 875 g/mol. The molecule has 0 aliphatic rings. The van der Waals surface area contributed by atoms with Gasteiger partial charge in [-0.1, -0.05) is 308 Å². The average molecular weight is 1000 g/mol. The van der Waals surface area contributed by atoms with Crippen LogP contribution >= 0.6 is 0 Å². The number of allylic oxidation sites excluding steroid dienone is 3. The number of carbonyl (C=O) groups is 2. The molecule has 0 saturated carbocycles. The predicted molar refractivity (Wildman–Crippen MR) is 310 cm³/mol. The van der Waals surface area contributed by atoms with E-state index < -0.39 is 12.1 Å².